The minimum atomic E-state index is -0.318. The van der Waals surface area contributed by atoms with Gasteiger partial charge in [-0.25, -0.2) is 0 Å². The van der Waals surface area contributed by atoms with Crippen LogP contribution in [0.3, 0.4) is 0 Å². The third kappa shape index (κ3) is 14.7. The van der Waals surface area contributed by atoms with E-state index in [2.05, 4.69) is 15.0 Å². The standard InChI is InChI=1S/C5H12N2O.C5H5N.C5H10O2/c8-5-7-3-1-6-2-4-7;1-2-4-6-5-3-1;1-5(2,3)7-4-6/h6,8H,1-5H2;1-5H;4H,1-3H3. The highest BCUT2D eigenvalue weighted by atomic mass is 16.5. The Morgan fingerprint density at radius 3 is 2.00 bits per heavy atom. The summed E-state index contributed by atoms with van der Waals surface area (Å²) in [6.07, 6.45) is 3.50. The molecule has 1 fully saturated rings. The number of carbonyl (C=O) groups is 1. The number of hydrogen-bond acceptors (Lipinski definition) is 6. The Morgan fingerprint density at radius 1 is 1.24 bits per heavy atom. The number of nitrogens with one attached hydrogen (secondary N) is 1. The first-order chi connectivity index (χ1) is 9.99. The van der Waals surface area contributed by atoms with Gasteiger partial charge in [0, 0.05) is 38.6 Å². The molecular weight excluding hydrogens is 270 g/mol. The average molecular weight is 297 g/mol. The van der Waals surface area contributed by atoms with Crippen molar-refractivity contribution in [3.8, 4) is 0 Å². The first-order valence-corrected chi connectivity index (χ1v) is 7.00. The summed E-state index contributed by atoms with van der Waals surface area (Å²) in [6, 6.07) is 5.72. The Morgan fingerprint density at radius 2 is 1.81 bits per heavy atom. The van der Waals surface area contributed by atoms with Crippen LogP contribution in [-0.2, 0) is 9.53 Å². The van der Waals surface area contributed by atoms with Crippen molar-refractivity contribution in [1.82, 2.24) is 15.2 Å². The molecule has 1 aliphatic heterocycles. The molecule has 6 heteroatoms. The monoisotopic (exact) mass is 297 g/mol. The summed E-state index contributed by atoms with van der Waals surface area (Å²) in [5.41, 5.74) is -0.318. The summed E-state index contributed by atoms with van der Waals surface area (Å²) in [4.78, 5) is 15.4. The topological polar surface area (TPSA) is 74.7 Å². The molecule has 1 aromatic rings. The first-order valence-electron chi connectivity index (χ1n) is 7.00. The van der Waals surface area contributed by atoms with E-state index in [1.165, 1.54) is 0 Å². The predicted molar refractivity (Wildman–Crippen MR) is 82.7 cm³/mol. The van der Waals surface area contributed by atoms with E-state index >= 15 is 0 Å². The van der Waals surface area contributed by atoms with Crippen LogP contribution >= 0.6 is 0 Å². The molecule has 6 nitrogen and oxygen atoms in total. The molecule has 0 bridgehead atoms. The van der Waals surface area contributed by atoms with Gasteiger partial charge in [0.05, 0.1) is 6.73 Å². The number of ether oxygens (including phenoxy) is 1. The molecule has 2 N–H and O–H groups in total. The molecule has 2 rings (SSSR count). The van der Waals surface area contributed by atoms with E-state index < -0.39 is 0 Å². The number of nitrogens with zero attached hydrogens (tertiary/aromatic N) is 2. The van der Waals surface area contributed by atoms with Crippen LogP contribution in [0.25, 0.3) is 0 Å². The van der Waals surface area contributed by atoms with Crippen molar-refractivity contribution in [3.05, 3.63) is 30.6 Å². The van der Waals surface area contributed by atoms with Gasteiger partial charge in [-0.3, -0.25) is 14.7 Å². The number of pyridine rings is 1. The Kier molecular flexibility index (Phi) is 11.4. The SMILES string of the molecule is CC(C)(C)OC=O.OCN1CCNCC1.c1ccncc1. The smallest absolute Gasteiger partial charge is 0.293 e. The Balaban J connectivity index is 0.000000289. The lowest BCUT2D eigenvalue weighted by atomic mass is 10.2. The molecule has 1 aromatic heterocycles. The fourth-order valence-corrected chi connectivity index (χ4v) is 1.31. The summed E-state index contributed by atoms with van der Waals surface area (Å²) in [6.45, 7) is 10.1. The summed E-state index contributed by atoms with van der Waals surface area (Å²) >= 11 is 0. The second kappa shape index (κ2) is 12.3. The molecule has 0 aliphatic carbocycles. The van der Waals surface area contributed by atoms with Crippen LogP contribution in [-0.4, -0.2) is 60.0 Å². The van der Waals surface area contributed by atoms with Gasteiger partial charge in [-0.2, -0.15) is 0 Å². The molecule has 1 saturated heterocycles. The van der Waals surface area contributed by atoms with Crippen LogP contribution in [0.5, 0.6) is 0 Å². The Hall–Kier alpha value is -1.50. The fourth-order valence-electron chi connectivity index (χ4n) is 1.31. The quantitative estimate of drug-likeness (QED) is 0.789. The normalized spacial score (nSPS) is 14.9. The van der Waals surface area contributed by atoms with Gasteiger partial charge in [-0.05, 0) is 32.9 Å². The van der Waals surface area contributed by atoms with Crippen LogP contribution in [0.1, 0.15) is 20.8 Å². The molecule has 0 unspecified atom stereocenters. The highest BCUT2D eigenvalue weighted by Gasteiger charge is 2.07. The van der Waals surface area contributed by atoms with Crippen molar-refractivity contribution in [2.75, 3.05) is 32.9 Å². The lowest BCUT2D eigenvalue weighted by Gasteiger charge is -2.24. The van der Waals surface area contributed by atoms with E-state index in [9.17, 15) is 4.79 Å². The minimum Gasteiger partial charge on any atom is -0.462 e. The van der Waals surface area contributed by atoms with Gasteiger partial charge in [0.25, 0.3) is 6.47 Å². The molecular formula is C15H27N3O3. The zero-order valence-corrected chi connectivity index (χ0v) is 13.2. The summed E-state index contributed by atoms with van der Waals surface area (Å²) < 4.78 is 4.55. The number of aliphatic hydroxyl groups is 1. The Labute approximate surface area is 127 Å². The number of carbonyl (C=O) groups excluding carboxylic acids is 1. The largest absolute Gasteiger partial charge is 0.462 e. The highest BCUT2D eigenvalue weighted by molar-refractivity contribution is 5.37. The van der Waals surface area contributed by atoms with Crippen LogP contribution in [0.4, 0.5) is 0 Å². The minimum absolute atomic E-state index is 0.210. The third-order valence-corrected chi connectivity index (χ3v) is 2.38. The van der Waals surface area contributed by atoms with Gasteiger partial charge in [-0.15, -0.1) is 0 Å². The van der Waals surface area contributed by atoms with E-state index in [0.29, 0.717) is 6.47 Å². The van der Waals surface area contributed by atoms with Crippen molar-refractivity contribution < 1.29 is 14.6 Å². The third-order valence-electron chi connectivity index (χ3n) is 2.38. The van der Waals surface area contributed by atoms with Crippen LogP contribution in [0.2, 0.25) is 0 Å². The number of aliphatic hydroxyl groups excluding tert-OH is 1. The van der Waals surface area contributed by atoms with E-state index in [4.69, 9.17) is 5.11 Å². The second-order valence-electron chi connectivity index (χ2n) is 5.36. The number of hydrogen-bond donors (Lipinski definition) is 2. The fraction of sp³-hybridized carbons (Fsp3) is 0.600. The average Bonchev–Trinajstić information content (AvgIpc) is 2.50. The van der Waals surface area contributed by atoms with Crippen molar-refractivity contribution in [2.24, 2.45) is 0 Å². The van der Waals surface area contributed by atoms with Crippen molar-refractivity contribution in [3.63, 3.8) is 0 Å². The summed E-state index contributed by atoms with van der Waals surface area (Å²) in [5, 5.41) is 11.8. The molecule has 21 heavy (non-hydrogen) atoms. The van der Waals surface area contributed by atoms with Gasteiger partial charge in [0.2, 0.25) is 0 Å². The first kappa shape index (κ1) is 19.5. The van der Waals surface area contributed by atoms with Gasteiger partial charge >= 0.3 is 0 Å². The van der Waals surface area contributed by atoms with Gasteiger partial charge in [0.15, 0.2) is 0 Å². The van der Waals surface area contributed by atoms with E-state index in [1.807, 2.05) is 43.9 Å². The molecule has 0 amide bonds. The van der Waals surface area contributed by atoms with Crippen LogP contribution in [0, 0.1) is 0 Å². The Bertz CT molecular complexity index is 309. The zero-order chi connectivity index (χ0) is 16.0. The van der Waals surface area contributed by atoms with E-state index in [-0.39, 0.29) is 12.3 Å². The molecule has 120 valence electrons. The maximum Gasteiger partial charge on any atom is 0.293 e. The van der Waals surface area contributed by atoms with Crippen LogP contribution in [0.15, 0.2) is 30.6 Å². The maximum atomic E-state index is 9.60. The van der Waals surface area contributed by atoms with Gasteiger partial charge in [0.1, 0.15) is 5.60 Å². The summed E-state index contributed by atoms with van der Waals surface area (Å²) in [5.74, 6) is 0. The molecule has 0 radical (unpaired) electrons. The summed E-state index contributed by atoms with van der Waals surface area (Å²) in [7, 11) is 0. The maximum absolute atomic E-state index is 9.60. The van der Waals surface area contributed by atoms with Gasteiger partial charge in [-0.1, -0.05) is 6.07 Å². The molecule has 2 heterocycles. The lowest BCUT2D eigenvalue weighted by molar-refractivity contribution is -0.138. The lowest BCUT2D eigenvalue weighted by Crippen LogP contribution is -2.43. The van der Waals surface area contributed by atoms with E-state index in [1.54, 1.807) is 12.4 Å². The molecule has 0 aromatic carbocycles. The second-order valence-corrected chi connectivity index (χ2v) is 5.36. The van der Waals surface area contributed by atoms with Crippen molar-refractivity contribution >= 4 is 6.47 Å². The number of aromatic nitrogens is 1. The van der Waals surface area contributed by atoms with Crippen molar-refractivity contribution in [1.29, 1.82) is 0 Å². The highest BCUT2D eigenvalue weighted by Crippen LogP contribution is 2.02. The molecule has 0 spiro atoms. The molecule has 1 aliphatic rings. The zero-order valence-electron chi connectivity index (χ0n) is 13.2. The number of piperazine rings is 1. The molecule has 0 saturated carbocycles. The molecule has 0 atom stereocenters. The van der Waals surface area contributed by atoms with Crippen molar-refractivity contribution in [2.45, 2.75) is 26.4 Å². The number of rotatable bonds is 2. The van der Waals surface area contributed by atoms with E-state index in [0.717, 1.165) is 26.2 Å². The predicted octanol–water partition coefficient (Wildman–Crippen LogP) is 0.881. The van der Waals surface area contributed by atoms with Crippen LogP contribution < -0.4 is 5.32 Å². The van der Waals surface area contributed by atoms with Gasteiger partial charge < -0.3 is 15.2 Å².